The summed E-state index contributed by atoms with van der Waals surface area (Å²) in [7, 11) is 0.159. The van der Waals surface area contributed by atoms with Crippen LogP contribution in [0.1, 0.15) is 20.3 Å². The molecule has 0 radical (unpaired) electrons. The van der Waals surface area contributed by atoms with Crippen molar-refractivity contribution in [1.82, 2.24) is 5.32 Å². The number of carbonyl (C=O) groups is 2. The van der Waals surface area contributed by atoms with Gasteiger partial charge in [-0.3, -0.25) is 4.79 Å². The van der Waals surface area contributed by atoms with E-state index in [1.807, 2.05) is 19.9 Å². The summed E-state index contributed by atoms with van der Waals surface area (Å²) < 4.78 is 4.70. The summed E-state index contributed by atoms with van der Waals surface area (Å²) in [6.45, 7) is 10.7. The van der Waals surface area contributed by atoms with Gasteiger partial charge in [0, 0.05) is 8.07 Å². The maximum Gasteiger partial charge on any atom is 0.328 e. The lowest BCUT2D eigenvalue weighted by atomic mass is 10.0. The van der Waals surface area contributed by atoms with E-state index < -0.39 is 14.1 Å². The smallest absolute Gasteiger partial charge is 0.328 e. The molecule has 0 aliphatic carbocycles. The molecule has 5 heteroatoms. The van der Waals surface area contributed by atoms with Crippen molar-refractivity contribution in [1.29, 1.82) is 0 Å². The lowest BCUT2D eigenvalue weighted by Crippen LogP contribution is -2.41. The number of allylic oxidation sites excluding steroid dienone is 1. The van der Waals surface area contributed by atoms with Gasteiger partial charge < -0.3 is 10.1 Å². The molecule has 0 saturated heterocycles. The topological polar surface area (TPSA) is 55.4 Å². The Morgan fingerprint density at radius 2 is 1.84 bits per heavy atom. The van der Waals surface area contributed by atoms with Gasteiger partial charge in [0.1, 0.15) is 6.04 Å². The van der Waals surface area contributed by atoms with E-state index in [4.69, 9.17) is 4.74 Å². The largest absolute Gasteiger partial charge is 0.467 e. The second-order valence-electron chi connectivity index (χ2n) is 6.38. The first-order chi connectivity index (χ1) is 8.65. The molecule has 0 aliphatic heterocycles. The number of nitrogens with one attached hydrogen (secondary N) is 1. The second kappa shape index (κ2) is 8.14. The van der Waals surface area contributed by atoms with E-state index in [1.165, 1.54) is 13.2 Å². The fourth-order valence-electron chi connectivity index (χ4n) is 1.57. The Balaban J connectivity index is 4.43. The van der Waals surface area contributed by atoms with Crippen molar-refractivity contribution in [2.24, 2.45) is 5.92 Å². The lowest BCUT2D eigenvalue weighted by molar-refractivity contribution is -0.145. The van der Waals surface area contributed by atoms with E-state index in [0.29, 0.717) is 12.3 Å². The van der Waals surface area contributed by atoms with Crippen LogP contribution in [0.5, 0.6) is 0 Å². The fraction of sp³-hybridized carbons (Fsp3) is 0.714. The van der Waals surface area contributed by atoms with Gasteiger partial charge >= 0.3 is 5.97 Å². The highest BCUT2D eigenvalue weighted by atomic mass is 28.3. The molecule has 1 amide bonds. The molecular formula is C14H27NO3Si. The first-order valence-corrected chi connectivity index (χ1v) is 10.4. The summed E-state index contributed by atoms with van der Waals surface area (Å²) in [6, 6.07) is 0.391. The third-order valence-electron chi connectivity index (χ3n) is 2.51. The SMILES string of the molecule is COC(=O)[C@H](CC(C)C)NC(=O)/C=C/C[Si](C)(C)C. The molecule has 0 fully saturated rings. The molecule has 1 N–H and O–H groups in total. The van der Waals surface area contributed by atoms with E-state index in [0.717, 1.165) is 6.04 Å². The van der Waals surface area contributed by atoms with E-state index in [9.17, 15) is 9.59 Å². The van der Waals surface area contributed by atoms with Crippen LogP contribution >= 0.6 is 0 Å². The number of esters is 1. The van der Waals surface area contributed by atoms with Crippen molar-refractivity contribution in [3.63, 3.8) is 0 Å². The van der Waals surface area contributed by atoms with Crippen molar-refractivity contribution < 1.29 is 14.3 Å². The predicted molar refractivity (Wildman–Crippen MR) is 80.7 cm³/mol. The minimum atomic E-state index is -1.18. The van der Waals surface area contributed by atoms with E-state index >= 15 is 0 Å². The minimum absolute atomic E-state index is 0.227. The highest BCUT2D eigenvalue weighted by molar-refractivity contribution is 6.76. The molecule has 0 aromatic rings. The highest BCUT2D eigenvalue weighted by Crippen LogP contribution is 2.09. The van der Waals surface area contributed by atoms with Crippen LogP contribution in [-0.2, 0) is 14.3 Å². The van der Waals surface area contributed by atoms with Gasteiger partial charge in [0.25, 0.3) is 0 Å². The van der Waals surface area contributed by atoms with E-state index in [2.05, 4.69) is 25.0 Å². The van der Waals surface area contributed by atoms with Gasteiger partial charge in [-0.05, 0) is 24.5 Å². The molecule has 0 aromatic carbocycles. The zero-order valence-corrected chi connectivity index (χ0v) is 13.9. The number of amides is 1. The molecule has 110 valence electrons. The van der Waals surface area contributed by atoms with Gasteiger partial charge in [-0.1, -0.05) is 39.6 Å². The van der Waals surface area contributed by atoms with Gasteiger partial charge in [-0.15, -0.1) is 0 Å². The number of hydrogen-bond acceptors (Lipinski definition) is 3. The monoisotopic (exact) mass is 285 g/mol. The summed E-state index contributed by atoms with van der Waals surface area (Å²) in [5, 5.41) is 2.70. The Labute approximate surface area is 117 Å². The number of ether oxygens (including phenoxy) is 1. The molecule has 0 heterocycles. The molecular weight excluding hydrogens is 258 g/mol. The predicted octanol–water partition coefficient (Wildman–Crippen LogP) is 2.58. The molecule has 1 atom stereocenters. The molecule has 0 rings (SSSR count). The number of hydrogen-bond donors (Lipinski definition) is 1. The normalized spacial score (nSPS) is 13.6. The fourth-order valence-corrected chi connectivity index (χ4v) is 2.39. The average Bonchev–Trinajstić information content (AvgIpc) is 2.24. The Kier molecular flexibility index (Phi) is 7.67. The van der Waals surface area contributed by atoms with Gasteiger partial charge in [-0.25, -0.2) is 4.79 Å². The van der Waals surface area contributed by atoms with Crippen LogP contribution in [0.25, 0.3) is 0 Å². The Morgan fingerprint density at radius 3 is 2.26 bits per heavy atom. The first kappa shape index (κ1) is 17.9. The summed E-state index contributed by atoms with van der Waals surface area (Å²) in [5.74, 6) is -0.301. The van der Waals surface area contributed by atoms with Gasteiger partial charge in [0.05, 0.1) is 7.11 Å². The number of rotatable bonds is 7. The maximum atomic E-state index is 11.8. The van der Waals surface area contributed by atoms with Crippen molar-refractivity contribution in [3.8, 4) is 0 Å². The van der Waals surface area contributed by atoms with E-state index in [1.54, 1.807) is 0 Å². The van der Waals surface area contributed by atoms with Crippen LogP contribution in [0.4, 0.5) is 0 Å². The second-order valence-corrected chi connectivity index (χ2v) is 11.9. The van der Waals surface area contributed by atoms with Crippen LogP contribution in [0.15, 0.2) is 12.2 Å². The van der Waals surface area contributed by atoms with Gasteiger partial charge in [0.2, 0.25) is 5.91 Å². The summed E-state index contributed by atoms with van der Waals surface area (Å²) in [4.78, 5) is 23.3. The third kappa shape index (κ3) is 9.47. The van der Waals surface area contributed by atoms with Crippen molar-refractivity contribution in [3.05, 3.63) is 12.2 Å². The minimum Gasteiger partial charge on any atom is -0.467 e. The standard InChI is InChI=1S/C14H27NO3Si/c1-11(2)10-12(14(17)18-3)15-13(16)8-7-9-19(4,5)6/h7-8,11-12H,9-10H2,1-6H3,(H,15,16)/b8-7+/t12-/m0/s1. The summed E-state index contributed by atoms with van der Waals surface area (Å²) in [6.07, 6.45) is 4.00. The first-order valence-electron chi connectivity index (χ1n) is 6.70. The zero-order valence-electron chi connectivity index (χ0n) is 12.9. The summed E-state index contributed by atoms with van der Waals surface area (Å²) in [5.41, 5.74) is 0. The average molecular weight is 285 g/mol. The van der Waals surface area contributed by atoms with Crippen molar-refractivity contribution in [2.45, 2.75) is 52.0 Å². The lowest BCUT2D eigenvalue weighted by Gasteiger charge is -2.17. The Bertz CT molecular complexity index is 332. The van der Waals surface area contributed by atoms with Crippen LogP contribution in [0.2, 0.25) is 25.7 Å². The Hall–Kier alpha value is -1.10. The molecule has 0 aromatic heterocycles. The van der Waals surface area contributed by atoms with Crippen LogP contribution < -0.4 is 5.32 Å². The molecule has 4 nitrogen and oxygen atoms in total. The molecule has 0 aliphatic rings. The van der Waals surface area contributed by atoms with Crippen LogP contribution in [0.3, 0.4) is 0 Å². The van der Waals surface area contributed by atoms with Crippen molar-refractivity contribution >= 4 is 20.0 Å². The maximum absolute atomic E-state index is 11.8. The number of carbonyl (C=O) groups excluding carboxylic acids is 2. The number of methoxy groups -OCH3 is 1. The third-order valence-corrected chi connectivity index (χ3v) is 3.97. The highest BCUT2D eigenvalue weighted by Gasteiger charge is 2.21. The van der Waals surface area contributed by atoms with E-state index in [-0.39, 0.29) is 11.9 Å². The summed E-state index contributed by atoms with van der Waals surface area (Å²) >= 11 is 0. The molecule has 0 saturated carbocycles. The molecule has 0 unspecified atom stereocenters. The van der Waals surface area contributed by atoms with Gasteiger partial charge in [0.15, 0.2) is 0 Å². The molecule has 0 spiro atoms. The van der Waals surface area contributed by atoms with Crippen LogP contribution in [0, 0.1) is 5.92 Å². The quantitative estimate of drug-likeness (QED) is 0.444. The van der Waals surface area contributed by atoms with Crippen molar-refractivity contribution in [2.75, 3.05) is 7.11 Å². The van der Waals surface area contributed by atoms with Gasteiger partial charge in [-0.2, -0.15) is 0 Å². The van der Waals surface area contributed by atoms with Crippen LogP contribution in [-0.4, -0.2) is 33.1 Å². The molecule has 19 heavy (non-hydrogen) atoms. The zero-order chi connectivity index (χ0) is 15.1. The Morgan fingerprint density at radius 1 is 1.26 bits per heavy atom. The molecule has 0 bridgehead atoms.